The van der Waals surface area contributed by atoms with E-state index in [-0.39, 0.29) is 11.9 Å². The number of nitrogens with two attached hydrogens (primary N) is 1. The van der Waals surface area contributed by atoms with Gasteiger partial charge in [-0.3, -0.25) is 5.41 Å². The summed E-state index contributed by atoms with van der Waals surface area (Å²) in [6, 6.07) is 13.7. The van der Waals surface area contributed by atoms with Gasteiger partial charge in [-0.1, -0.05) is 41.9 Å². The third-order valence-electron chi connectivity index (χ3n) is 3.83. The van der Waals surface area contributed by atoms with Gasteiger partial charge in [0.2, 0.25) is 0 Å². The molecule has 21 heavy (non-hydrogen) atoms. The Balaban J connectivity index is 1.96. The van der Waals surface area contributed by atoms with Crippen molar-refractivity contribution in [2.75, 3.05) is 0 Å². The van der Waals surface area contributed by atoms with Crippen molar-refractivity contribution in [3.63, 3.8) is 0 Å². The molecule has 1 atom stereocenters. The van der Waals surface area contributed by atoms with Crippen LogP contribution in [0.1, 0.15) is 35.6 Å². The van der Waals surface area contributed by atoms with Gasteiger partial charge in [0, 0.05) is 0 Å². The van der Waals surface area contributed by atoms with Crippen LogP contribution in [-0.4, -0.2) is 5.84 Å². The Morgan fingerprint density at radius 3 is 2.81 bits per heavy atom. The van der Waals surface area contributed by atoms with E-state index in [1.807, 2.05) is 18.2 Å². The highest BCUT2D eigenvalue weighted by Crippen LogP contribution is 2.36. The van der Waals surface area contributed by atoms with Crippen LogP contribution in [0.5, 0.6) is 5.75 Å². The lowest BCUT2D eigenvalue weighted by atomic mass is 9.89. The molecule has 2 aromatic carbocycles. The Hall–Kier alpha value is -2.00. The van der Waals surface area contributed by atoms with Gasteiger partial charge in [0.25, 0.3) is 0 Å². The molecule has 0 amide bonds. The van der Waals surface area contributed by atoms with Gasteiger partial charge in [0.15, 0.2) is 0 Å². The van der Waals surface area contributed by atoms with Gasteiger partial charge in [0.05, 0.1) is 10.6 Å². The van der Waals surface area contributed by atoms with E-state index in [4.69, 9.17) is 27.5 Å². The molecule has 4 heteroatoms. The predicted octanol–water partition coefficient (Wildman–Crippen LogP) is 4.08. The molecule has 0 heterocycles. The number of fused-ring (bicyclic) bond motifs is 1. The highest BCUT2D eigenvalue weighted by Gasteiger charge is 2.23. The summed E-state index contributed by atoms with van der Waals surface area (Å²) in [5.74, 6) is 0.511. The van der Waals surface area contributed by atoms with Crippen LogP contribution in [-0.2, 0) is 6.42 Å². The monoisotopic (exact) mass is 300 g/mol. The zero-order valence-electron chi connectivity index (χ0n) is 11.6. The SMILES string of the molecule is N=C(N)c1c(Cl)cccc1OC1CCCc2ccccc21. The quantitative estimate of drug-likeness (QED) is 0.663. The van der Waals surface area contributed by atoms with Crippen LogP contribution in [0, 0.1) is 5.41 Å². The number of nitrogen functional groups attached to an aromatic ring is 1. The molecule has 0 saturated heterocycles. The largest absolute Gasteiger partial charge is 0.485 e. The minimum atomic E-state index is -0.0697. The first kappa shape index (κ1) is 14.0. The molecule has 0 aromatic heterocycles. The molecule has 3 N–H and O–H groups in total. The van der Waals surface area contributed by atoms with Gasteiger partial charge in [-0.15, -0.1) is 0 Å². The molecule has 2 aromatic rings. The van der Waals surface area contributed by atoms with Crippen LogP contribution < -0.4 is 10.5 Å². The zero-order valence-corrected chi connectivity index (χ0v) is 12.4. The lowest BCUT2D eigenvalue weighted by Crippen LogP contribution is -2.18. The summed E-state index contributed by atoms with van der Waals surface area (Å²) in [5.41, 5.74) is 8.66. The maximum absolute atomic E-state index is 7.69. The lowest BCUT2D eigenvalue weighted by Gasteiger charge is -2.27. The second kappa shape index (κ2) is 5.78. The number of aryl methyl sites for hydroxylation is 1. The minimum absolute atomic E-state index is 0.00785. The highest BCUT2D eigenvalue weighted by atomic mass is 35.5. The maximum Gasteiger partial charge on any atom is 0.132 e. The number of amidine groups is 1. The molecule has 0 aliphatic heterocycles. The van der Waals surface area contributed by atoms with Crippen molar-refractivity contribution in [1.29, 1.82) is 5.41 Å². The van der Waals surface area contributed by atoms with Crippen molar-refractivity contribution in [2.24, 2.45) is 5.73 Å². The molecular formula is C17H17ClN2O. The Morgan fingerprint density at radius 2 is 2.00 bits per heavy atom. The van der Waals surface area contributed by atoms with E-state index < -0.39 is 0 Å². The van der Waals surface area contributed by atoms with E-state index in [9.17, 15) is 0 Å². The Morgan fingerprint density at radius 1 is 1.19 bits per heavy atom. The summed E-state index contributed by atoms with van der Waals surface area (Å²) in [6.45, 7) is 0. The Labute approximate surface area is 129 Å². The molecule has 3 nitrogen and oxygen atoms in total. The standard InChI is InChI=1S/C17H17ClN2O/c18-13-8-4-10-15(16(13)17(19)20)21-14-9-3-6-11-5-1-2-7-12(11)14/h1-2,4-5,7-8,10,14H,3,6,9H2,(H3,19,20). The summed E-state index contributed by atoms with van der Waals surface area (Å²) in [5, 5.41) is 8.14. The number of rotatable bonds is 3. The molecule has 0 saturated carbocycles. The van der Waals surface area contributed by atoms with Crippen molar-refractivity contribution >= 4 is 17.4 Å². The second-order valence-electron chi connectivity index (χ2n) is 5.22. The van der Waals surface area contributed by atoms with E-state index in [0.29, 0.717) is 16.3 Å². The van der Waals surface area contributed by atoms with Gasteiger partial charge in [-0.2, -0.15) is 0 Å². The van der Waals surface area contributed by atoms with Crippen molar-refractivity contribution in [1.82, 2.24) is 0 Å². The third-order valence-corrected chi connectivity index (χ3v) is 4.14. The van der Waals surface area contributed by atoms with E-state index in [1.165, 1.54) is 11.1 Å². The van der Waals surface area contributed by atoms with Gasteiger partial charge in [-0.05, 0) is 42.5 Å². The van der Waals surface area contributed by atoms with Crippen LogP contribution in [0.2, 0.25) is 5.02 Å². The van der Waals surface area contributed by atoms with Crippen molar-refractivity contribution in [3.8, 4) is 5.75 Å². The first-order valence-corrected chi connectivity index (χ1v) is 7.42. The highest BCUT2D eigenvalue weighted by molar-refractivity contribution is 6.34. The molecule has 0 bridgehead atoms. The first-order valence-electron chi connectivity index (χ1n) is 7.04. The maximum atomic E-state index is 7.69. The fourth-order valence-corrected chi connectivity index (χ4v) is 3.12. The summed E-state index contributed by atoms with van der Waals surface area (Å²) in [4.78, 5) is 0. The normalized spacial score (nSPS) is 17.1. The molecule has 108 valence electrons. The fraction of sp³-hybridized carbons (Fsp3) is 0.235. The van der Waals surface area contributed by atoms with Gasteiger partial charge in [-0.25, -0.2) is 0 Å². The van der Waals surface area contributed by atoms with E-state index in [1.54, 1.807) is 6.07 Å². The molecule has 0 spiro atoms. The average Bonchev–Trinajstić information content (AvgIpc) is 2.47. The summed E-state index contributed by atoms with van der Waals surface area (Å²) in [7, 11) is 0. The minimum Gasteiger partial charge on any atom is -0.485 e. The van der Waals surface area contributed by atoms with Crippen LogP contribution in [0.25, 0.3) is 0 Å². The van der Waals surface area contributed by atoms with Crippen LogP contribution in [0.3, 0.4) is 0 Å². The first-order chi connectivity index (χ1) is 10.2. The number of benzene rings is 2. The topological polar surface area (TPSA) is 59.1 Å². The van der Waals surface area contributed by atoms with E-state index >= 15 is 0 Å². The number of nitrogens with one attached hydrogen (secondary N) is 1. The van der Waals surface area contributed by atoms with Crippen LogP contribution >= 0.6 is 11.6 Å². The molecule has 1 aliphatic carbocycles. The fourth-order valence-electron chi connectivity index (χ4n) is 2.85. The predicted molar refractivity (Wildman–Crippen MR) is 85.2 cm³/mol. The van der Waals surface area contributed by atoms with Crippen LogP contribution in [0.15, 0.2) is 42.5 Å². The smallest absolute Gasteiger partial charge is 0.132 e. The van der Waals surface area contributed by atoms with Gasteiger partial charge >= 0.3 is 0 Å². The van der Waals surface area contributed by atoms with E-state index in [0.717, 1.165) is 19.3 Å². The number of halogens is 1. The molecule has 1 unspecified atom stereocenters. The molecular weight excluding hydrogens is 284 g/mol. The average molecular weight is 301 g/mol. The summed E-state index contributed by atoms with van der Waals surface area (Å²) >= 11 is 6.14. The molecule has 3 rings (SSSR count). The Kier molecular flexibility index (Phi) is 3.84. The molecule has 0 radical (unpaired) electrons. The molecule has 1 aliphatic rings. The Bertz CT molecular complexity index is 684. The van der Waals surface area contributed by atoms with Crippen molar-refractivity contribution < 1.29 is 4.74 Å². The third kappa shape index (κ3) is 2.74. The van der Waals surface area contributed by atoms with Crippen molar-refractivity contribution in [3.05, 3.63) is 64.2 Å². The zero-order chi connectivity index (χ0) is 14.8. The second-order valence-corrected chi connectivity index (χ2v) is 5.63. The van der Waals surface area contributed by atoms with Gasteiger partial charge in [0.1, 0.15) is 17.7 Å². The summed E-state index contributed by atoms with van der Waals surface area (Å²) in [6.07, 6.45) is 3.13. The lowest BCUT2D eigenvalue weighted by molar-refractivity contribution is 0.183. The van der Waals surface area contributed by atoms with E-state index in [2.05, 4.69) is 18.2 Å². The van der Waals surface area contributed by atoms with Gasteiger partial charge < -0.3 is 10.5 Å². The number of ether oxygens (including phenoxy) is 1. The van der Waals surface area contributed by atoms with Crippen LogP contribution in [0.4, 0.5) is 0 Å². The molecule has 0 fully saturated rings. The van der Waals surface area contributed by atoms with Crippen molar-refractivity contribution in [2.45, 2.75) is 25.4 Å². The number of hydrogen-bond donors (Lipinski definition) is 2. The number of hydrogen-bond acceptors (Lipinski definition) is 2. The summed E-state index contributed by atoms with van der Waals surface area (Å²) < 4.78 is 6.15.